The summed E-state index contributed by atoms with van der Waals surface area (Å²) in [6.07, 6.45) is 1.56. The standard InChI is InChI=1S/C8H14N4O/c1-8(2,3)5-12-4-6(7(9)13)10-11-12/h4H,5H2,1-3H3,(H2,9,13). The van der Waals surface area contributed by atoms with E-state index in [2.05, 4.69) is 31.1 Å². The van der Waals surface area contributed by atoms with Crippen LogP contribution in [0.2, 0.25) is 0 Å². The molecule has 0 saturated carbocycles. The van der Waals surface area contributed by atoms with Crippen molar-refractivity contribution in [1.82, 2.24) is 15.0 Å². The summed E-state index contributed by atoms with van der Waals surface area (Å²) in [5.41, 5.74) is 5.36. The number of carbonyl (C=O) groups is 1. The summed E-state index contributed by atoms with van der Waals surface area (Å²) in [7, 11) is 0. The molecule has 5 nitrogen and oxygen atoms in total. The van der Waals surface area contributed by atoms with Gasteiger partial charge < -0.3 is 5.73 Å². The largest absolute Gasteiger partial charge is 0.364 e. The van der Waals surface area contributed by atoms with Gasteiger partial charge in [0.2, 0.25) is 0 Å². The first-order valence-electron chi connectivity index (χ1n) is 4.08. The van der Waals surface area contributed by atoms with Crippen LogP contribution in [-0.2, 0) is 6.54 Å². The minimum absolute atomic E-state index is 0.114. The predicted molar refractivity (Wildman–Crippen MR) is 48.0 cm³/mol. The first kappa shape index (κ1) is 9.70. The molecule has 72 valence electrons. The number of aromatic nitrogens is 3. The smallest absolute Gasteiger partial charge is 0.270 e. The zero-order chi connectivity index (χ0) is 10.1. The second-order valence-corrected chi connectivity index (χ2v) is 4.23. The molecule has 0 aliphatic rings. The van der Waals surface area contributed by atoms with Crippen molar-refractivity contribution in [2.45, 2.75) is 27.3 Å². The van der Waals surface area contributed by atoms with Crippen LogP contribution in [0.5, 0.6) is 0 Å². The highest BCUT2D eigenvalue weighted by molar-refractivity contribution is 5.90. The van der Waals surface area contributed by atoms with Gasteiger partial charge in [0.1, 0.15) is 0 Å². The fraction of sp³-hybridized carbons (Fsp3) is 0.625. The first-order valence-corrected chi connectivity index (χ1v) is 4.08. The normalized spacial score (nSPS) is 11.6. The minimum atomic E-state index is -0.542. The van der Waals surface area contributed by atoms with Crippen molar-refractivity contribution >= 4 is 5.91 Å². The van der Waals surface area contributed by atoms with Crippen molar-refractivity contribution in [2.75, 3.05) is 0 Å². The Morgan fingerprint density at radius 3 is 2.62 bits per heavy atom. The van der Waals surface area contributed by atoms with Gasteiger partial charge in [0, 0.05) is 6.54 Å². The lowest BCUT2D eigenvalue weighted by molar-refractivity contribution is 0.0995. The minimum Gasteiger partial charge on any atom is -0.364 e. The van der Waals surface area contributed by atoms with Crippen LogP contribution in [0.3, 0.4) is 0 Å². The molecule has 1 rings (SSSR count). The molecule has 0 fully saturated rings. The van der Waals surface area contributed by atoms with Crippen molar-refractivity contribution < 1.29 is 4.79 Å². The van der Waals surface area contributed by atoms with E-state index in [1.165, 1.54) is 0 Å². The van der Waals surface area contributed by atoms with E-state index < -0.39 is 5.91 Å². The zero-order valence-corrected chi connectivity index (χ0v) is 8.11. The maximum absolute atomic E-state index is 10.7. The van der Waals surface area contributed by atoms with Gasteiger partial charge in [-0.25, -0.2) is 0 Å². The highest BCUT2D eigenvalue weighted by Gasteiger charge is 2.13. The van der Waals surface area contributed by atoms with E-state index in [4.69, 9.17) is 5.73 Å². The number of rotatable bonds is 2. The van der Waals surface area contributed by atoms with E-state index in [0.29, 0.717) is 6.54 Å². The Hall–Kier alpha value is -1.39. The summed E-state index contributed by atoms with van der Waals surface area (Å²) in [4.78, 5) is 10.7. The van der Waals surface area contributed by atoms with Crippen LogP contribution < -0.4 is 5.73 Å². The lowest BCUT2D eigenvalue weighted by Crippen LogP contribution is -2.16. The molecule has 0 aromatic carbocycles. The molecule has 1 heterocycles. The Morgan fingerprint density at radius 2 is 2.23 bits per heavy atom. The molecule has 0 unspecified atom stereocenters. The molecule has 13 heavy (non-hydrogen) atoms. The number of nitrogens with zero attached hydrogens (tertiary/aromatic N) is 3. The Labute approximate surface area is 76.9 Å². The van der Waals surface area contributed by atoms with Crippen molar-refractivity contribution in [2.24, 2.45) is 11.1 Å². The van der Waals surface area contributed by atoms with Gasteiger partial charge >= 0.3 is 0 Å². The molecule has 5 heteroatoms. The van der Waals surface area contributed by atoms with E-state index in [9.17, 15) is 4.79 Å². The second-order valence-electron chi connectivity index (χ2n) is 4.23. The van der Waals surface area contributed by atoms with Crippen molar-refractivity contribution in [3.8, 4) is 0 Å². The van der Waals surface area contributed by atoms with Crippen molar-refractivity contribution in [1.29, 1.82) is 0 Å². The molecule has 0 aliphatic carbocycles. The average Bonchev–Trinajstić information content (AvgIpc) is 2.31. The maximum atomic E-state index is 10.7. The Morgan fingerprint density at radius 1 is 1.62 bits per heavy atom. The van der Waals surface area contributed by atoms with Crippen LogP contribution in [0.15, 0.2) is 6.20 Å². The molecule has 1 aromatic rings. The zero-order valence-electron chi connectivity index (χ0n) is 8.11. The molecule has 1 amide bonds. The lowest BCUT2D eigenvalue weighted by atomic mass is 9.97. The van der Waals surface area contributed by atoms with Gasteiger partial charge in [-0.15, -0.1) is 5.10 Å². The van der Waals surface area contributed by atoms with Gasteiger partial charge in [0.25, 0.3) is 5.91 Å². The fourth-order valence-corrected chi connectivity index (χ4v) is 0.975. The van der Waals surface area contributed by atoms with E-state index in [1.54, 1.807) is 10.9 Å². The number of amides is 1. The summed E-state index contributed by atoms with van der Waals surface area (Å²) in [6.45, 7) is 6.96. The van der Waals surface area contributed by atoms with E-state index in [1.807, 2.05) is 0 Å². The van der Waals surface area contributed by atoms with Gasteiger partial charge in [-0.2, -0.15) is 0 Å². The van der Waals surface area contributed by atoms with Crippen LogP contribution in [0.1, 0.15) is 31.3 Å². The molecule has 0 saturated heterocycles. The van der Waals surface area contributed by atoms with Gasteiger partial charge in [-0.05, 0) is 5.41 Å². The predicted octanol–water partition coefficient (Wildman–Crippen LogP) is 0.423. The van der Waals surface area contributed by atoms with E-state index in [-0.39, 0.29) is 11.1 Å². The van der Waals surface area contributed by atoms with Crippen LogP contribution in [0.25, 0.3) is 0 Å². The molecule has 0 radical (unpaired) electrons. The molecule has 2 N–H and O–H groups in total. The molecule has 1 aromatic heterocycles. The summed E-state index contributed by atoms with van der Waals surface area (Å²) >= 11 is 0. The highest BCUT2D eigenvalue weighted by atomic mass is 16.1. The third-order valence-electron chi connectivity index (χ3n) is 1.43. The number of hydrogen-bond acceptors (Lipinski definition) is 3. The maximum Gasteiger partial charge on any atom is 0.270 e. The quantitative estimate of drug-likeness (QED) is 0.720. The van der Waals surface area contributed by atoms with Crippen molar-refractivity contribution in [3.63, 3.8) is 0 Å². The molecule has 0 spiro atoms. The molecule has 0 atom stereocenters. The monoisotopic (exact) mass is 182 g/mol. The third-order valence-corrected chi connectivity index (χ3v) is 1.43. The number of primary amides is 1. The van der Waals surface area contributed by atoms with Crippen LogP contribution in [-0.4, -0.2) is 20.9 Å². The topological polar surface area (TPSA) is 73.8 Å². The van der Waals surface area contributed by atoms with Crippen LogP contribution >= 0.6 is 0 Å². The van der Waals surface area contributed by atoms with Gasteiger partial charge in [0.05, 0.1) is 6.20 Å². The Balaban J connectivity index is 2.75. The SMILES string of the molecule is CC(C)(C)Cn1cc(C(N)=O)nn1. The van der Waals surface area contributed by atoms with Crippen molar-refractivity contribution in [3.05, 3.63) is 11.9 Å². The molecular formula is C8H14N4O. The van der Waals surface area contributed by atoms with Gasteiger partial charge in [0.15, 0.2) is 5.69 Å². The second kappa shape index (κ2) is 3.16. The average molecular weight is 182 g/mol. The number of carbonyl (C=O) groups excluding carboxylic acids is 1. The van der Waals surface area contributed by atoms with Gasteiger partial charge in [-0.1, -0.05) is 26.0 Å². The summed E-state index contributed by atoms with van der Waals surface area (Å²) < 4.78 is 1.63. The summed E-state index contributed by atoms with van der Waals surface area (Å²) in [6, 6.07) is 0. The van der Waals surface area contributed by atoms with Crippen LogP contribution in [0, 0.1) is 5.41 Å². The first-order chi connectivity index (χ1) is 5.88. The molecular weight excluding hydrogens is 168 g/mol. The summed E-state index contributed by atoms with van der Waals surface area (Å²) in [5.74, 6) is -0.542. The number of nitrogens with two attached hydrogens (primary N) is 1. The number of hydrogen-bond donors (Lipinski definition) is 1. The lowest BCUT2D eigenvalue weighted by Gasteiger charge is -2.16. The highest BCUT2D eigenvalue weighted by Crippen LogP contribution is 2.15. The summed E-state index contributed by atoms with van der Waals surface area (Å²) in [5, 5.41) is 7.43. The van der Waals surface area contributed by atoms with E-state index >= 15 is 0 Å². The third kappa shape index (κ3) is 2.85. The van der Waals surface area contributed by atoms with E-state index in [0.717, 1.165) is 0 Å². The molecule has 0 aliphatic heterocycles. The van der Waals surface area contributed by atoms with Crippen LogP contribution in [0.4, 0.5) is 0 Å². The van der Waals surface area contributed by atoms with Gasteiger partial charge in [-0.3, -0.25) is 9.48 Å². The Kier molecular flexibility index (Phi) is 2.36. The Bertz CT molecular complexity index is 310. The molecule has 0 bridgehead atoms. The fourth-order valence-electron chi connectivity index (χ4n) is 0.975.